The van der Waals surface area contributed by atoms with Crippen molar-refractivity contribution in [1.29, 1.82) is 0 Å². The van der Waals surface area contributed by atoms with Crippen LogP contribution in [-0.2, 0) is 22.8 Å². The van der Waals surface area contributed by atoms with Crippen molar-refractivity contribution in [2.45, 2.75) is 24.3 Å². The van der Waals surface area contributed by atoms with E-state index in [0.717, 1.165) is 17.0 Å². The molecule has 9 heteroatoms. The van der Waals surface area contributed by atoms with Crippen molar-refractivity contribution < 1.29 is 17.9 Å². The number of alkyl halides is 3. The van der Waals surface area contributed by atoms with Gasteiger partial charge < -0.3 is 10.2 Å². The SMILES string of the molecule is NNc1nc(COCC(F)(F)F)nc2c1CSC2. The number of hydrogen-bond donors (Lipinski definition) is 2. The zero-order chi connectivity index (χ0) is 13.2. The lowest BCUT2D eigenvalue weighted by molar-refractivity contribution is -0.177. The van der Waals surface area contributed by atoms with Gasteiger partial charge in [-0.3, -0.25) is 0 Å². The molecule has 0 spiro atoms. The predicted octanol–water partition coefficient (Wildman–Crippen LogP) is 1.59. The van der Waals surface area contributed by atoms with Crippen LogP contribution in [0.3, 0.4) is 0 Å². The van der Waals surface area contributed by atoms with Crippen LogP contribution in [0.1, 0.15) is 17.1 Å². The Morgan fingerprint density at radius 1 is 1.33 bits per heavy atom. The molecule has 5 nitrogen and oxygen atoms in total. The highest BCUT2D eigenvalue weighted by molar-refractivity contribution is 7.98. The van der Waals surface area contributed by atoms with Gasteiger partial charge in [0.2, 0.25) is 0 Å². The van der Waals surface area contributed by atoms with Gasteiger partial charge in [-0.25, -0.2) is 15.8 Å². The molecule has 2 heterocycles. The average Bonchev–Trinajstić information content (AvgIpc) is 2.74. The molecule has 0 bridgehead atoms. The Hall–Kier alpha value is -1.06. The Morgan fingerprint density at radius 2 is 2.11 bits per heavy atom. The van der Waals surface area contributed by atoms with E-state index in [1.165, 1.54) is 0 Å². The van der Waals surface area contributed by atoms with E-state index in [2.05, 4.69) is 20.1 Å². The number of fused-ring (bicyclic) bond motifs is 1. The first-order valence-electron chi connectivity index (χ1n) is 5.07. The maximum Gasteiger partial charge on any atom is 0.411 e. The van der Waals surface area contributed by atoms with E-state index in [0.29, 0.717) is 11.6 Å². The summed E-state index contributed by atoms with van der Waals surface area (Å²) in [5.74, 6) is 7.43. The van der Waals surface area contributed by atoms with Crippen molar-refractivity contribution >= 4 is 17.6 Å². The molecule has 1 aliphatic heterocycles. The Labute approximate surface area is 105 Å². The quantitative estimate of drug-likeness (QED) is 0.644. The second-order valence-corrected chi connectivity index (χ2v) is 4.64. The molecule has 0 aromatic carbocycles. The molecule has 18 heavy (non-hydrogen) atoms. The van der Waals surface area contributed by atoms with Gasteiger partial charge in [-0.1, -0.05) is 0 Å². The van der Waals surface area contributed by atoms with Crippen molar-refractivity contribution in [3.8, 4) is 0 Å². The number of halogens is 3. The molecule has 0 radical (unpaired) electrons. The smallest absolute Gasteiger partial charge is 0.364 e. The van der Waals surface area contributed by atoms with E-state index in [9.17, 15) is 13.2 Å². The number of anilines is 1. The number of nitrogens with one attached hydrogen (secondary N) is 1. The lowest BCUT2D eigenvalue weighted by Crippen LogP contribution is -2.18. The zero-order valence-electron chi connectivity index (χ0n) is 9.25. The van der Waals surface area contributed by atoms with Crippen LogP contribution in [0.5, 0.6) is 0 Å². The molecule has 1 aromatic rings. The van der Waals surface area contributed by atoms with E-state index in [-0.39, 0.29) is 12.4 Å². The molecule has 2 rings (SSSR count). The summed E-state index contributed by atoms with van der Waals surface area (Å²) >= 11 is 1.65. The van der Waals surface area contributed by atoms with Gasteiger partial charge in [0.25, 0.3) is 0 Å². The van der Waals surface area contributed by atoms with Gasteiger partial charge in [-0.05, 0) is 0 Å². The van der Waals surface area contributed by atoms with Crippen molar-refractivity contribution in [2.75, 3.05) is 12.0 Å². The summed E-state index contributed by atoms with van der Waals surface area (Å²) in [4.78, 5) is 8.19. The van der Waals surface area contributed by atoms with Crippen molar-refractivity contribution in [3.05, 3.63) is 17.1 Å². The third-order valence-electron chi connectivity index (χ3n) is 2.26. The fourth-order valence-electron chi connectivity index (χ4n) is 1.54. The van der Waals surface area contributed by atoms with Gasteiger partial charge in [-0.15, -0.1) is 0 Å². The van der Waals surface area contributed by atoms with Gasteiger partial charge >= 0.3 is 6.18 Å². The second kappa shape index (κ2) is 5.29. The molecule has 0 fully saturated rings. The number of nitrogen functional groups attached to an aromatic ring is 1. The number of nitrogens with zero attached hydrogens (tertiary/aromatic N) is 2. The summed E-state index contributed by atoms with van der Waals surface area (Å²) in [6.07, 6.45) is -4.35. The minimum absolute atomic E-state index is 0.202. The Bertz CT molecular complexity index is 441. The first kappa shape index (κ1) is 13.4. The van der Waals surface area contributed by atoms with Gasteiger partial charge in [0.1, 0.15) is 19.0 Å². The van der Waals surface area contributed by atoms with Crippen molar-refractivity contribution in [1.82, 2.24) is 9.97 Å². The van der Waals surface area contributed by atoms with Crippen molar-refractivity contribution in [2.24, 2.45) is 5.84 Å². The highest BCUT2D eigenvalue weighted by Gasteiger charge is 2.27. The third-order valence-corrected chi connectivity index (χ3v) is 3.23. The van der Waals surface area contributed by atoms with Gasteiger partial charge in [0.05, 0.1) is 5.69 Å². The first-order valence-corrected chi connectivity index (χ1v) is 6.22. The van der Waals surface area contributed by atoms with E-state index >= 15 is 0 Å². The summed E-state index contributed by atoms with van der Waals surface area (Å²) in [5.41, 5.74) is 4.14. The van der Waals surface area contributed by atoms with Crippen molar-refractivity contribution in [3.63, 3.8) is 0 Å². The van der Waals surface area contributed by atoms with Crippen LogP contribution in [0.25, 0.3) is 0 Å². The van der Waals surface area contributed by atoms with Gasteiger partial charge in [0, 0.05) is 17.1 Å². The minimum atomic E-state index is -4.35. The maximum absolute atomic E-state index is 11.9. The number of hydrogen-bond acceptors (Lipinski definition) is 6. The van der Waals surface area contributed by atoms with Crippen LogP contribution in [-0.4, -0.2) is 22.8 Å². The molecule has 0 aliphatic carbocycles. The Balaban J connectivity index is 2.05. The number of ether oxygens (including phenoxy) is 1. The van der Waals surface area contributed by atoms with Crippen LogP contribution in [0, 0.1) is 0 Å². The van der Waals surface area contributed by atoms with Crippen LogP contribution < -0.4 is 11.3 Å². The van der Waals surface area contributed by atoms with Crippen LogP contribution in [0.2, 0.25) is 0 Å². The lowest BCUT2D eigenvalue weighted by Gasteiger charge is -2.10. The van der Waals surface area contributed by atoms with E-state index in [4.69, 9.17) is 5.84 Å². The van der Waals surface area contributed by atoms with Crippen LogP contribution >= 0.6 is 11.8 Å². The minimum Gasteiger partial charge on any atom is -0.364 e. The standard InChI is InChI=1S/C9H11F3N4OS/c10-9(11,12)4-17-1-7-14-6-3-18-2-5(6)8(15-7)16-13/h1-4,13H2,(H,14,15,16). The number of aromatic nitrogens is 2. The van der Waals surface area contributed by atoms with Gasteiger partial charge in [0.15, 0.2) is 5.82 Å². The summed E-state index contributed by atoms with van der Waals surface area (Å²) < 4.78 is 40.3. The maximum atomic E-state index is 11.9. The van der Waals surface area contributed by atoms with E-state index in [1.54, 1.807) is 11.8 Å². The van der Waals surface area contributed by atoms with Crippen LogP contribution in [0.4, 0.5) is 19.0 Å². The summed E-state index contributed by atoms with van der Waals surface area (Å²) in [6.45, 7) is -1.60. The Morgan fingerprint density at radius 3 is 2.78 bits per heavy atom. The number of nitrogens with two attached hydrogens (primary N) is 1. The molecule has 0 unspecified atom stereocenters. The van der Waals surface area contributed by atoms with E-state index < -0.39 is 12.8 Å². The largest absolute Gasteiger partial charge is 0.411 e. The number of thioether (sulfide) groups is 1. The monoisotopic (exact) mass is 280 g/mol. The molecule has 100 valence electrons. The van der Waals surface area contributed by atoms with Crippen LogP contribution in [0.15, 0.2) is 0 Å². The average molecular weight is 280 g/mol. The topological polar surface area (TPSA) is 73.1 Å². The summed E-state index contributed by atoms with van der Waals surface area (Å²) in [5, 5.41) is 0. The highest BCUT2D eigenvalue weighted by Crippen LogP contribution is 2.32. The zero-order valence-corrected chi connectivity index (χ0v) is 10.1. The number of hydrazine groups is 1. The normalized spacial score (nSPS) is 14.7. The summed E-state index contributed by atoms with van der Waals surface area (Å²) in [6, 6.07) is 0. The molecule has 0 saturated heterocycles. The molecule has 0 atom stereocenters. The highest BCUT2D eigenvalue weighted by atomic mass is 32.2. The molecular formula is C9H11F3N4OS. The molecule has 1 aliphatic rings. The molecule has 1 aromatic heterocycles. The first-order chi connectivity index (χ1) is 8.49. The number of rotatable bonds is 4. The molecule has 3 N–H and O–H groups in total. The summed E-state index contributed by atoms with van der Waals surface area (Å²) in [7, 11) is 0. The second-order valence-electron chi connectivity index (χ2n) is 3.66. The Kier molecular flexibility index (Phi) is 3.93. The predicted molar refractivity (Wildman–Crippen MR) is 60.6 cm³/mol. The third kappa shape index (κ3) is 3.24. The fraction of sp³-hybridized carbons (Fsp3) is 0.556. The molecule has 0 amide bonds. The van der Waals surface area contributed by atoms with E-state index in [1.807, 2.05) is 0 Å². The molecule has 0 saturated carbocycles. The van der Waals surface area contributed by atoms with Gasteiger partial charge in [-0.2, -0.15) is 24.9 Å². The fourth-order valence-corrected chi connectivity index (χ4v) is 2.59. The molecular weight excluding hydrogens is 269 g/mol. The lowest BCUT2D eigenvalue weighted by atomic mass is 10.2.